The smallest absolute Gasteiger partial charge is 0.480 e. The average Bonchev–Trinajstić information content (AvgIpc) is 3.07. The number of rotatable bonds is 9. The Balaban J connectivity index is 2.20. The van der Waals surface area contributed by atoms with E-state index >= 15 is 0 Å². The van der Waals surface area contributed by atoms with Gasteiger partial charge in [-0.15, -0.1) is 24.5 Å². The number of ether oxygens (including phenoxy) is 1. The van der Waals surface area contributed by atoms with Crippen molar-refractivity contribution in [2.45, 2.75) is 32.7 Å². The second-order valence-electron chi connectivity index (χ2n) is 6.20. The normalized spacial score (nSPS) is 12.3. The molecule has 0 spiro atoms. The standard InChI is InChI=1S/C19H19F3N2O5S/c1-3-13-8-14(18(30-13)24-17(28)10(2)23-9-15(25)26)16(27)11-4-6-12(7-5-11)29-19(20,21)22/h4-8,10,23H,3,9H2,1-2H3,(H,24,28)(H,25,26). The molecule has 0 aliphatic carbocycles. The van der Waals surface area contributed by atoms with Gasteiger partial charge in [0.1, 0.15) is 10.8 Å². The number of carboxylic acids is 1. The molecule has 0 fully saturated rings. The van der Waals surface area contributed by atoms with Crippen LogP contribution in [0.5, 0.6) is 5.75 Å². The number of carbonyl (C=O) groups is 3. The van der Waals surface area contributed by atoms with Gasteiger partial charge in [0.15, 0.2) is 5.78 Å². The molecule has 0 saturated heterocycles. The number of hydrogen-bond donors (Lipinski definition) is 3. The minimum Gasteiger partial charge on any atom is -0.480 e. The number of aryl methyl sites for hydroxylation is 1. The first-order valence-corrected chi connectivity index (χ1v) is 9.61. The molecule has 2 rings (SSSR count). The molecule has 1 heterocycles. The fourth-order valence-corrected chi connectivity index (χ4v) is 3.39. The van der Waals surface area contributed by atoms with Gasteiger partial charge >= 0.3 is 12.3 Å². The first kappa shape index (κ1) is 23.4. The predicted octanol–water partition coefficient (Wildman–Crippen LogP) is 3.44. The summed E-state index contributed by atoms with van der Waals surface area (Å²) >= 11 is 1.19. The Morgan fingerprint density at radius 1 is 1.20 bits per heavy atom. The minimum absolute atomic E-state index is 0.123. The Labute approximate surface area is 173 Å². The Morgan fingerprint density at radius 2 is 1.83 bits per heavy atom. The molecular weight excluding hydrogens is 425 g/mol. The monoisotopic (exact) mass is 444 g/mol. The molecule has 3 N–H and O–H groups in total. The van der Waals surface area contributed by atoms with Crippen molar-refractivity contribution in [2.24, 2.45) is 0 Å². The lowest BCUT2D eigenvalue weighted by Crippen LogP contribution is -2.40. The van der Waals surface area contributed by atoms with Gasteiger partial charge in [-0.05, 0) is 43.7 Å². The first-order valence-electron chi connectivity index (χ1n) is 8.79. The maximum absolute atomic E-state index is 12.9. The lowest BCUT2D eigenvalue weighted by molar-refractivity contribution is -0.274. The summed E-state index contributed by atoms with van der Waals surface area (Å²) in [6.07, 6.45) is -4.23. The molecule has 7 nitrogen and oxygen atoms in total. The van der Waals surface area contributed by atoms with Gasteiger partial charge in [0.25, 0.3) is 0 Å². The largest absolute Gasteiger partial charge is 0.573 e. The van der Waals surface area contributed by atoms with Crippen LogP contribution in [0, 0.1) is 0 Å². The summed E-state index contributed by atoms with van der Waals surface area (Å²) in [5, 5.41) is 14.1. The molecule has 0 saturated carbocycles. The fourth-order valence-electron chi connectivity index (χ4n) is 2.39. The number of carbonyl (C=O) groups excluding carboxylic acids is 2. The van der Waals surface area contributed by atoms with E-state index in [1.54, 1.807) is 6.07 Å². The molecule has 30 heavy (non-hydrogen) atoms. The van der Waals surface area contributed by atoms with Gasteiger partial charge in [0.2, 0.25) is 5.91 Å². The number of benzene rings is 1. The summed E-state index contributed by atoms with van der Waals surface area (Å²) in [4.78, 5) is 36.6. The van der Waals surface area contributed by atoms with Crippen molar-refractivity contribution in [2.75, 3.05) is 11.9 Å². The molecule has 11 heteroatoms. The highest BCUT2D eigenvalue weighted by Crippen LogP contribution is 2.31. The number of anilines is 1. The van der Waals surface area contributed by atoms with E-state index in [2.05, 4.69) is 15.4 Å². The van der Waals surface area contributed by atoms with Crippen LogP contribution in [0.3, 0.4) is 0 Å². The molecule has 1 atom stereocenters. The van der Waals surface area contributed by atoms with E-state index in [1.807, 2.05) is 6.92 Å². The third kappa shape index (κ3) is 6.56. The molecule has 0 radical (unpaired) electrons. The highest BCUT2D eigenvalue weighted by Gasteiger charge is 2.31. The number of halogens is 3. The number of ketones is 1. The highest BCUT2D eigenvalue weighted by molar-refractivity contribution is 7.16. The summed E-state index contributed by atoms with van der Waals surface area (Å²) in [5.74, 6) is -2.58. The van der Waals surface area contributed by atoms with Gasteiger partial charge in [-0.3, -0.25) is 19.7 Å². The number of alkyl halides is 3. The van der Waals surface area contributed by atoms with Crippen molar-refractivity contribution in [3.05, 3.63) is 46.3 Å². The quantitative estimate of drug-likeness (QED) is 0.512. The maximum Gasteiger partial charge on any atom is 0.573 e. The summed E-state index contributed by atoms with van der Waals surface area (Å²) in [5.41, 5.74) is 0.317. The zero-order valence-corrected chi connectivity index (χ0v) is 16.8. The van der Waals surface area contributed by atoms with Gasteiger partial charge < -0.3 is 15.2 Å². The zero-order valence-electron chi connectivity index (χ0n) is 16.0. The third-order valence-corrected chi connectivity index (χ3v) is 5.11. The average molecular weight is 444 g/mol. The van der Waals surface area contributed by atoms with Crippen LogP contribution in [-0.2, 0) is 16.0 Å². The van der Waals surface area contributed by atoms with Gasteiger partial charge in [-0.25, -0.2) is 0 Å². The predicted molar refractivity (Wildman–Crippen MR) is 104 cm³/mol. The van der Waals surface area contributed by atoms with E-state index in [0.717, 1.165) is 17.0 Å². The zero-order chi connectivity index (χ0) is 22.5. The third-order valence-electron chi connectivity index (χ3n) is 3.92. The molecule has 1 aromatic heterocycles. The van der Waals surface area contributed by atoms with E-state index in [1.165, 1.54) is 30.4 Å². The lowest BCUT2D eigenvalue weighted by atomic mass is 10.0. The van der Waals surface area contributed by atoms with Gasteiger partial charge in [0.05, 0.1) is 18.2 Å². The number of thiophene rings is 1. The molecule has 162 valence electrons. The lowest BCUT2D eigenvalue weighted by Gasteiger charge is -2.13. The molecule has 0 bridgehead atoms. The van der Waals surface area contributed by atoms with Crippen LogP contribution in [0.15, 0.2) is 30.3 Å². The molecule has 1 amide bonds. The second-order valence-corrected chi connectivity index (χ2v) is 7.33. The molecular formula is C19H19F3N2O5S. The summed E-state index contributed by atoms with van der Waals surface area (Å²) in [6, 6.07) is 5.26. The van der Waals surface area contributed by atoms with Crippen molar-refractivity contribution >= 4 is 34.0 Å². The maximum atomic E-state index is 12.9. The van der Waals surface area contributed by atoms with E-state index < -0.39 is 42.4 Å². The fraction of sp³-hybridized carbons (Fsp3) is 0.316. The Morgan fingerprint density at radius 3 is 2.37 bits per heavy atom. The van der Waals surface area contributed by atoms with Crippen molar-refractivity contribution in [1.29, 1.82) is 0 Å². The van der Waals surface area contributed by atoms with E-state index in [0.29, 0.717) is 6.42 Å². The van der Waals surface area contributed by atoms with Crippen LogP contribution < -0.4 is 15.4 Å². The van der Waals surface area contributed by atoms with Crippen LogP contribution in [0.25, 0.3) is 0 Å². The molecule has 1 unspecified atom stereocenters. The summed E-state index contributed by atoms with van der Waals surface area (Å²) < 4.78 is 40.6. The van der Waals surface area contributed by atoms with Crippen LogP contribution in [0.4, 0.5) is 18.2 Å². The molecule has 1 aromatic carbocycles. The number of nitrogens with one attached hydrogen (secondary N) is 2. The second kappa shape index (κ2) is 9.72. The number of amides is 1. The highest BCUT2D eigenvalue weighted by atomic mass is 32.1. The Hall–Kier alpha value is -2.92. The topological polar surface area (TPSA) is 105 Å². The van der Waals surface area contributed by atoms with Gasteiger partial charge in [-0.1, -0.05) is 6.92 Å². The summed E-state index contributed by atoms with van der Waals surface area (Å²) in [6.45, 7) is 2.94. The summed E-state index contributed by atoms with van der Waals surface area (Å²) in [7, 11) is 0. The van der Waals surface area contributed by atoms with Crippen LogP contribution in [0.1, 0.15) is 34.6 Å². The van der Waals surface area contributed by atoms with E-state index in [4.69, 9.17) is 5.11 Å². The first-order chi connectivity index (χ1) is 14.0. The van der Waals surface area contributed by atoms with Gasteiger partial charge in [-0.2, -0.15) is 0 Å². The SMILES string of the molecule is CCc1cc(C(=O)c2ccc(OC(F)(F)F)cc2)c(NC(=O)C(C)NCC(=O)O)s1. The van der Waals surface area contributed by atoms with Gasteiger partial charge in [0, 0.05) is 10.4 Å². The minimum atomic E-state index is -4.84. The van der Waals surface area contributed by atoms with Crippen LogP contribution in [-0.4, -0.2) is 41.7 Å². The van der Waals surface area contributed by atoms with E-state index in [-0.39, 0.29) is 16.1 Å². The molecule has 2 aromatic rings. The number of hydrogen-bond acceptors (Lipinski definition) is 6. The molecule has 0 aliphatic rings. The number of carboxylic acid groups (broad SMARTS) is 1. The van der Waals surface area contributed by atoms with Crippen LogP contribution in [0.2, 0.25) is 0 Å². The van der Waals surface area contributed by atoms with Crippen molar-refractivity contribution in [3.63, 3.8) is 0 Å². The molecule has 0 aliphatic heterocycles. The van der Waals surface area contributed by atoms with E-state index in [9.17, 15) is 27.6 Å². The van der Waals surface area contributed by atoms with Crippen LogP contribution >= 0.6 is 11.3 Å². The van der Waals surface area contributed by atoms with Crippen molar-refractivity contribution in [3.8, 4) is 5.75 Å². The van der Waals surface area contributed by atoms with Crippen molar-refractivity contribution in [1.82, 2.24) is 5.32 Å². The Kier molecular flexibility index (Phi) is 7.57. The Bertz CT molecular complexity index is 925. The van der Waals surface area contributed by atoms with Crippen molar-refractivity contribution < 1.29 is 37.4 Å². The number of aliphatic carboxylic acids is 1.